The number of halogens is 2. The number of aliphatic imine (C=N–C) groups is 1. The summed E-state index contributed by atoms with van der Waals surface area (Å²) in [6.07, 6.45) is 3.85. The van der Waals surface area contributed by atoms with E-state index in [1.165, 1.54) is 5.69 Å². The minimum atomic E-state index is 0. The average molecular weight is 481 g/mol. The number of nitrogens with one attached hydrogen (secondary N) is 1. The minimum Gasteiger partial charge on any atom is -0.352 e. The van der Waals surface area contributed by atoms with Crippen molar-refractivity contribution >= 4 is 45.9 Å². The van der Waals surface area contributed by atoms with Gasteiger partial charge in [-0.3, -0.25) is 9.67 Å². The van der Waals surface area contributed by atoms with E-state index in [1.54, 1.807) is 13.2 Å². The average Bonchev–Trinajstić information content (AvgIpc) is 2.97. The van der Waals surface area contributed by atoms with E-state index in [1.807, 2.05) is 31.9 Å². The number of hydrogen-bond donors (Lipinski definition) is 1. The van der Waals surface area contributed by atoms with Gasteiger partial charge in [0.2, 0.25) is 0 Å². The molecule has 2 aromatic rings. The fourth-order valence-corrected chi connectivity index (χ4v) is 2.74. The SMILES string of the molecule is CN=C(NCc1ccnn1C)N(C)Cc1cc(Br)cn1C.I. The lowest BCUT2D eigenvalue weighted by Crippen LogP contribution is -2.38. The Morgan fingerprint density at radius 1 is 1.41 bits per heavy atom. The first-order chi connectivity index (χ1) is 10.0. The van der Waals surface area contributed by atoms with Crippen LogP contribution >= 0.6 is 39.9 Å². The number of rotatable bonds is 4. The van der Waals surface area contributed by atoms with E-state index in [2.05, 4.69) is 53.1 Å². The van der Waals surface area contributed by atoms with E-state index in [-0.39, 0.29) is 24.0 Å². The van der Waals surface area contributed by atoms with Crippen LogP contribution in [0.2, 0.25) is 0 Å². The van der Waals surface area contributed by atoms with Gasteiger partial charge in [0, 0.05) is 50.8 Å². The Bertz CT molecular complexity index is 633. The van der Waals surface area contributed by atoms with Crippen molar-refractivity contribution < 1.29 is 0 Å². The molecule has 0 spiro atoms. The van der Waals surface area contributed by atoms with E-state index < -0.39 is 0 Å². The summed E-state index contributed by atoms with van der Waals surface area (Å²) in [6.45, 7) is 1.48. The van der Waals surface area contributed by atoms with Crippen molar-refractivity contribution in [3.8, 4) is 0 Å². The summed E-state index contributed by atoms with van der Waals surface area (Å²) >= 11 is 3.50. The van der Waals surface area contributed by atoms with Crippen molar-refractivity contribution in [2.24, 2.45) is 19.1 Å². The predicted molar refractivity (Wildman–Crippen MR) is 103 cm³/mol. The molecule has 0 aromatic carbocycles. The summed E-state index contributed by atoms with van der Waals surface area (Å²) in [5.41, 5.74) is 2.33. The van der Waals surface area contributed by atoms with Gasteiger partial charge in [0.05, 0.1) is 18.8 Å². The molecule has 0 unspecified atom stereocenters. The molecule has 2 heterocycles. The molecule has 0 bridgehead atoms. The van der Waals surface area contributed by atoms with E-state index in [9.17, 15) is 0 Å². The zero-order chi connectivity index (χ0) is 15.4. The van der Waals surface area contributed by atoms with Crippen molar-refractivity contribution in [3.05, 3.63) is 40.4 Å². The monoisotopic (exact) mass is 480 g/mol. The second-order valence-corrected chi connectivity index (χ2v) is 5.88. The number of nitrogens with zero attached hydrogens (tertiary/aromatic N) is 5. The highest BCUT2D eigenvalue weighted by Crippen LogP contribution is 2.14. The van der Waals surface area contributed by atoms with E-state index >= 15 is 0 Å². The zero-order valence-electron chi connectivity index (χ0n) is 13.2. The first-order valence-electron chi connectivity index (χ1n) is 6.70. The standard InChI is InChI=1S/C14H21BrN6.HI/c1-16-14(17-8-12-5-6-18-21(12)4)20(3)10-13-7-11(15)9-19(13)2;/h5-7,9H,8,10H2,1-4H3,(H,16,17);1H. The molecule has 0 saturated heterocycles. The highest BCUT2D eigenvalue weighted by atomic mass is 127. The quantitative estimate of drug-likeness (QED) is 0.415. The third-order valence-corrected chi connectivity index (χ3v) is 3.83. The van der Waals surface area contributed by atoms with Crippen molar-refractivity contribution in [2.45, 2.75) is 13.1 Å². The third kappa shape index (κ3) is 4.73. The highest BCUT2D eigenvalue weighted by molar-refractivity contribution is 14.0. The molecule has 122 valence electrons. The van der Waals surface area contributed by atoms with Crippen LogP contribution in [0.5, 0.6) is 0 Å². The van der Waals surface area contributed by atoms with Crippen LogP contribution in [-0.4, -0.2) is 39.3 Å². The van der Waals surface area contributed by atoms with Gasteiger partial charge in [-0.15, -0.1) is 24.0 Å². The Labute approximate surface area is 156 Å². The molecule has 8 heteroatoms. The first-order valence-corrected chi connectivity index (χ1v) is 7.50. The fourth-order valence-electron chi connectivity index (χ4n) is 2.17. The molecule has 0 aliphatic heterocycles. The number of guanidine groups is 1. The van der Waals surface area contributed by atoms with Gasteiger partial charge in [-0.05, 0) is 28.1 Å². The lowest BCUT2D eigenvalue weighted by molar-refractivity contribution is 0.460. The van der Waals surface area contributed by atoms with Crippen molar-refractivity contribution in [3.63, 3.8) is 0 Å². The molecule has 0 atom stereocenters. The van der Waals surface area contributed by atoms with Crippen LogP contribution in [0, 0.1) is 0 Å². The van der Waals surface area contributed by atoms with E-state index in [4.69, 9.17) is 0 Å². The lowest BCUT2D eigenvalue weighted by atomic mass is 10.4. The van der Waals surface area contributed by atoms with Crippen molar-refractivity contribution in [1.82, 2.24) is 24.6 Å². The van der Waals surface area contributed by atoms with Gasteiger partial charge in [0.15, 0.2) is 5.96 Å². The molecule has 6 nitrogen and oxygen atoms in total. The van der Waals surface area contributed by atoms with Gasteiger partial charge in [-0.25, -0.2) is 0 Å². The van der Waals surface area contributed by atoms with E-state index in [0.717, 1.165) is 22.7 Å². The molecule has 0 fully saturated rings. The Morgan fingerprint density at radius 2 is 2.14 bits per heavy atom. The summed E-state index contributed by atoms with van der Waals surface area (Å²) in [4.78, 5) is 6.43. The highest BCUT2D eigenvalue weighted by Gasteiger charge is 2.10. The van der Waals surface area contributed by atoms with Gasteiger partial charge < -0.3 is 14.8 Å². The summed E-state index contributed by atoms with van der Waals surface area (Å²) < 4.78 is 5.05. The molecular formula is C14H22BrIN6. The lowest BCUT2D eigenvalue weighted by Gasteiger charge is -2.22. The third-order valence-electron chi connectivity index (χ3n) is 3.40. The first kappa shape index (κ1) is 19.0. The van der Waals surface area contributed by atoms with Gasteiger partial charge in [-0.2, -0.15) is 5.10 Å². The maximum absolute atomic E-state index is 4.33. The Hall–Kier alpha value is -1.03. The fraction of sp³-hybridized carbons (Fsp3) is 0.429. The van der Waals surface area contributed by atoms with Crippen LogP contribution in [0.4, 0.5) is 0 Å². The van der Waals surface area contributed by atoms with Gasteiger partial charge in [0.1, 0.15) is 0 Å². The summed E-state index contributed by atoms with van der Waals surface area (Å²) in [5.74, 6) is 0.855. The van der Waals surface area contributed by atoms with Crippen LogP contribution in [0.3, 0.4) is 0 Å². The zero-order valence-corrected chi connectivity index (χ0v) is 17.2. The van der Waals surface area contributed by atoms with Crippen LogP contribution < -0.4 is 5.32 Å². The molecule has 0 radical (unpaired) electrons. The number of aryl methyl sites for hydroxylation is 2. The Balaban J connectivity index is 0.00000242. The maximum atomic E-state index is 4.33. The smallest absolute Gasteiger partial charge is 0.194 e. The maximum Gasteiger partial charge on any atom is 0.194 e. The minimum absolute atomic E-state index is 0. The summed E-state index contributed by atoms with van der Waals surface area (Å²) in [7, 11) is 7.80. The molecule has 0 aliphatic carbocycles. The number of hydrogen-bond acceptors (Lipinski definition) is 2. The molecule has 1 N–H and O–H groups in total. The second-order valence-electron chi connectivity index (χ2n) is 4.96. The molecule has 0 saturated carbocycles. The van der Waals surface area contributed by atoms with Gasteiger partial charge in [-0.1, -0.05) is 0 Å². The molecule has 2 rings (SSSR count). The molecule has 22 heavy (non-hydrogen) atoms. The summed E-state index contributed by atoms with van der Waals surface area (Å²) in [5, 5.41) is 7.52. The molecular weight excluding hydrogens is 459 g/mol. The molecule has 2 aromatic heterocycles. The van der Waals surface area contributed by atoms with Crippen LogP contribution in [-0.2, 0) is 27.2 Å². The van der Waals surface area contributed by atoms with Crippen molar-refractivity contribution in [2.75, 3.05) is 14.1 Å². The topological polar surface area (TPSA) is 50.4 Å². The van der Waals surface area contributed by atoms with Gasteiger partial charge in [0.25, 0.3) is 0 Å². The second kappa shape index (κ2) is 8.56. The largest absolute Gasteiger partial charge is 0.352 e. The van der Waals surface area contributed by atoms with Crippen LogP contribution in [0.1, 0.15) is 11.4 Å². The number of aromatic nitrogens is 3. The normalized spacial score (nSPS) is 11.2. The Kier molecular flexibility index (Phi) is 7.40. The van der Waals surface area contributed by atoms with Crippen LogP contribution in [0.25, 0.3) is 0 Å². The predicted octanol–water partition coefficient (Wildman–Crippen LogP) is 2.35. The Morgan fingerprint density at radius 3 is 2.64 bits per heavy atom. The molecule has 0 amide bonds. The van der Waals surface area contributed by atoms with Crippen molar-refractivity contribution in [1.29, 1.82) is 0 Å². The van der Waals surface area contributed by atoms with Gasteiger partial charge >= 0.3 is 0 Å². The summed E-state index contributed by atoms with van der Waals surface area (Å²) in [6, 6.07) is 4.11. The van der Waals surface area contributed by atoms with Crippen LogP contribution in [0.15, 0.2) is 34.0 Å². The van der Waals surface area contributed by atoms with E-state index in [0.29, 0.717) is 6.54 Å². The molecule has 0 aliphatic rings.